The van der Waals surface area contributed by atoms with Crippen molar-refractivity contribution in [2.24, 2.45) is 5.92 Å². The molecule has 0 bridgehead atoms. The molecule has 0 aliphatic rings. The van der Waals surface area contributed by atoms with E-state index >= 15 is 0 Å². The molecule has 0 rings (SSSR count). The van der Waals surface area contributed by atoms with Gasteiger partial charge in [-0.1, -0.05) is 6.92 Å². The fourth-order valence-electron chi connectivity index (χ4n) is 0.312. The van der Waals surface area contributed by atoms with Crippen LogP contribution in [0.4, 0.5) is 0 Å². The molecule has 0 aromatic carbocycles. The van der Waals surface area contributed by atoms with Gasteiger partial charge < -0.3 is 9.90 Å². The van der Waals surface area contributed by atoms with E-state index < -0.39 is 25.7 Å². The number of carbonyl (C=O) groups is 1. The van der Waals surface area contributed by atoms with Crippen LogP contribution in [0.3, 0.4) is 0 Å². The molecular weight excluding hydrogens is 279 g/mol. The van der Waals surface area contributed by atoms with Crippen LogP contribution in [0.5, 0.6) is 0 Å². The summed E-state index contributed by atoms with van der Waals surface area (Å²) in [6.45, 7) is 1.62. The van der Waals surface area contributed by atoms with Gasteiger partial charge in [0.2, 0.25) is 0 Å². The van der Waals surface area contributed by atoms with Gasteiger partial charge in [0, 0.05) is 5.97 Å². The van der Waals surface area contributed by atoms with Crippen LogP contribution >= 0.6 is 12.6 Å². The molecule has 0 fully saturated rings. The number of thiol groups is 1. The first-order valence-corrected chi connectivity index (χ1v) is 13.2. The van der Waals surface area contributed by atoms with Crippen LogP contribution in [0, 0.1) is 5.92 Å². The molecule has 72 valence electrons. The number of carboxylic acid groups (broad SMARTS) is 1. The van der Waals surface area contributed by atoms with Crippen LogP contribution in [0.15, 0.2) is 0 Å². The molecule has 0 radical (unpaired) electrons. The van der Waals surface area contributed by atoms with Crippen LogP contribution in [0.2, 0.25) is 14.8 Å². The first-order valence-electron chi connectivity index (χ1n) is 4.00. The fourth-order valence-corrected chi connectivity index (χ4v) is 0.699. The number of hydrogen-bond donors (Lipinski definition) is 1. The van der Waals surface area contributed by atoms with Crippen molar-refractivity contribution in [1.29, 1.82) is 0 Å². The van der Waals surface area contributed by atoms with Crippen molar-refractivity contribution in [2.75, 3.05) is 5.75 Å². The number of aliphatic carboxylic acids is 1. The Balaban J connectivity index is 0. The topological polar surface area (TPSA) is 40.1 Å². The first kappa shape index (κ1) is 15.1. The van der Waals surface area contributed by atoms with Gasteiger partial charge >= 0.3 is 34.6 Å². The number of carbonyl (C=O) groups excluding carboxylic acids is 1. The summed E-state index contributed by atoms with van der Waals surface area (Å²) in [6.07, 6.45) is 0.589. The van der Waals surface area contributed by atoms with Crippen molar-refractivity contribution in [1.82, 2.24) is 0 Å². The monoisotopic (exact) mass is 298 g/mol. The van der Waals surface area contributed by atoms with Gasteiger partial charge in [0.15, 0.2) is 0 Å². The Morgan fingerprint density at radius 3 is 1.92 bits per heavy atom. The Morgan fingerprint density at radius 1 is 1.50 bits per heavy atom. The maximum absolute atomic E-state index is 9.94. The van der Waals surface area contributed by atoms with Crippen molar-refractivity contribution >= 4 is 38.4 Å². The molecule has 0 spiro atoms. The van der Waals surface area contributed by atoms with E-state index in [9.17, 15) is 9.90 Å². The van der Waals surface area contributed by atoms with Crippen LogP contribution in [0.1, 0.15) is 13.3 Å². The Bertz CT molecular complexity index is 115. The quantitative estimate of drug-likeness (QED) is 0.625. The van der Waals surface area contributed by atoms with E-state index in [1.54, 1.807) is 6.92 Å². The number of hydrogen-bond acceptors (Lipinski definition) is 3. The molecule has 0 aliphatic heterocycles. The second-order valence-corrected chi connectivity index (χ2v) is 12.2. The molecule has 0 heterocycles. The molecule has 1 unspecified atom stereocenters. The summed E-state index contributed by atoms with van der Waals surface area (Å²) in [5, 5.41) is 9.94. The number of carboxylic acids is 1. The molecule has 0 aliphatic carbocycles. The molecule has 0 saturated heterocycles. The van der Waals surface area contributed by atoms with Crippen molar-refractivity contribution in [3.63, 3.8) is 0 Å². The Kier molecular flexibility index (Phi) is 12.2. The van der Waals surface area contributed by atoms with Gasteiger partial charge in [-0.2, -0.15) is 12.6 Å². The van der Waals surface area contributed by atoms with E-state index in [0.717, 1.165) is 0 Å². The van der Waals surface area contributed by atoms with E-state index in [1.165, 1.54) is 0 Å². The molecule has 2 nitrogen and oxygen atoms in total. The summed E-state index contributed by atoms with van der Waals surface area (Å²) in [5.74, 6) is -0.735. The summed E-state index contributed by atoms with van der Waals surface area (Å²) >= 11 is 3.32. The van der Waals surface area contributed by atoms with Gasteiger partial charge in [0.25, 0.3) is 0 Å². The molecule has 1 atom stereocenters. The normalized spacial score (nSPS) is 11.1. The average molecular weight is 297 g/mol. The van der Waals surface area contributed by atoms with E-state index in [0.29, 0.717) is 12.2 Å². The summed E-state index contributed by atoms with van der Waals surface area (Å²) in [7, 11) is 0. The zero-order valence-electron chi connectivity index (χ0n) is 8.26. The summed E-state index contributed by atoms with van der Waals surface area (Å²) in [6, 6.07) is 0. The van der Waals surface area contributed by atoms with Crippen LogP contribution in [-0.4, -0.2) is 31.5 Å². The fraction of sp³-hybridized carbons (Fsp3) is 0.875. The van der Waals surface area contributed by atoms with Crippen molar-refractivity contribution in [3.8, 4) is 0 Å². The third kappa shape index (κ3) is 16.9. The molecular formula is C8H18O2SSn. The SMILES string of the molecule is CC(CCS)C(=O)[O-].[CH3][Sn+]([CH3])[CH3]. The molecule has 0 N–H and O–H groups in total. The van der Waals surface area contributed by atoms with Crippen molar-refractivity contribution in [2.45, 2.75) is 28.2 Å². The zero-order valence-corrected chi connectivity index (χ0v) is 12.0. The van der Waals surface area contributed by atoms with E-state index in [2.05, 4.69) is 27.4 Å². The minimum absolute atomic E-state index is 0.354. The molecule has 0 aromatic rings. The molecule has 0 aromatic heterocycles. The predicted molar refractivity (Wildman–Crippen MR) is 56.0 cm³/mol. The third-order valence-corrected chi connectivity index (χ3v) is 1.22. The second kappa shape index (κ2) is 9.70. The van der Waals surface area contributed by atoms with Gasteiger partial charge in [-0.25, -0.2) is 0 Å². The molecule has 0 amide bonds. The van der Waals surface area contributed by atoms with Crippen LogP contribution < -0.4 is 5.11 Å². The third-order valence-electron chi connectivity index (χ3n) is 0.964. The molecule has 12 heavy (non-hydrogen) atoms. The molecule has 0 saturated carbocycles. The van der Waals surface area contributed by atoms with E-state index in [1.807, 2.05) is 0 Å². The standard InChI is InChI=1S/C5H10O2S.3CH3.Sn/c1-4(2-3-8)5(6)7;;;;/h4,8H,2-3H2,1H3,(H,6,7);3*1H3;/q;;;;+1/p-1. The van der Waals surface area contributed by atoms with E-state index in [-0.39, 0.29) is 5.92 Å². The maximum atomic E-state index is 9.94. The van der Waals surface area contributed by atoms with Gasteiger partial charge in [0.1, 0.15) is 0 Å². The Hall–Kier alpha value is 0.619. The summed E-state index contributed by atoms with van der Waals surface area (Å²) in [5.41, 5.74) is 0. The van der Waals surface area contributed by atoms with Gasteiger partial charge in [-0.15, -0.1) is 0 Å². The summed E-state index contributed by atoms with van der Waals surface area (Å²) < 4.78 is 0. The average Bonchev–Trinajstić information content (AvgIpc) is 1.86. The van der Waals surface area contributed by atoms with Gasteiger partial charge in [-0.3, -0.25) is 0 Å². The predicted octanol–water partition coefficient (Wildman–Crippen LogP) is 1.06. The van der Waals surface area contributed by atoms with Crippen molar-refractivity contribution in [3.05, 3.63) is 0 Å². The first-order chi connectivity index (χ1) is 5.41. The zero-order chi connectivity index (χ0) is 10.1. The minimum atomic E-state index is -0.987. The van der Waals surface area contributed by atoms with Gasteiger partial charge in [-0.05, 0) is 18.1 Å². The molecule has 4 heteroatoms. The second-order valence-electron chi connectivity index (χ2n) is 3.23. The summed E-state index contributed by atoms with van der Waals surface area (Å²) in [4.78, 5) is 17.0. The van der Waals surface area contributed by atoms with Crippen LogP contribution in [-0.2, 0) is 4.79 Å². The number of rotatable bonds is 3. The van der Waals surface area contributed by atoms with Gasteiger partial charge in [0.05, 0.1) is 0 Å². The Morgan fingerprint density at radius 2 is 1.83 bits per heavy atom. The Labute approximate surface area is 87.9 Å². The van der Waals surface area contributed by atoms with Crippen LogP contribution in [0.25, 0.3) is 0 Å². The van der Waals surface area contributed by atoms with Crippen molar-refractivity contribution < 1.29 is 9.90 Å². The van der Waals surface area contributed by atoms with E-state index in [4.69, 9.17) is 0 Å².